The Balaban J connectivity index is 1.54. The van der Waals surface area contributed by atoms with Crippen molar-refractivity contribution in [1.82, 2.24) is 15.1 Å². The van der Waals surface area contributed by atoms with E-state index in [0.29, 0.717) is 17.2 Å². The summed E-state index contributed by atoms with van der Waals surface area (Å²) >= 11 is 11.1. The Hall–Kier alpha value is -3.50. The lowest BCUT2D eigenvalue weighted by atomic mass is 10.2. The normalized spacial score (nSPS) is 15.1. The third kappa shape index (κ3) is 3.70. The second-order valence-electron chi connectivity index (χ2n) is 6.47. The van der Waals surface area contributed by atoms with Crippen LogP contribution in [0.2, 0.25) is 5.02 Å². The van der Waals surface area contributed by atoms with Gasteiger partial charge in [-0.25, -0.2) is 0 Å². The van der Waals surface area contributed by atoms with E-state index in [2.05, 4.69) is 10.4 Å². The van der Waals surface area contributed by atoms with Crippen molar-refractivity contribution in [2.24, 2.45) is 0 Å². The third-order valence-electron chi connectivity index (χ3n) is 4.39. The highest BCUT2D eigenvalue weighted by Gasteiger charge is 2.33. The first-order valence-corrected chi connectivity index (χ1v) is 9.51. The molecule has 4 rings (SSSR count). The van der Waals surface area contributed by atoms with Gasteiger partial charge in [0.1, 0.15) is 23.8 Å². The van der Waals surface area contributed by atoms with Crippen molar-refractivity contribution in [3.8, 4) is 0 Å². The number of halogens is 1. The summed E-state index contributed by atoms with van der Waals surface area (Å²) in [6.07, 6.45) is 2.90. The summed E-state index contributed by atoms with van der Waals surface area (Å²) in [6.45, 7) is 2.05. The molecule has 1 fully saturated rings. The average Bonchev–Trinajstić information content (AvgIpc) is 3.35. The first-order valence-electron chi connectivity index (χ1n) is 8.72. The fourth-order valence-corrected chi connectivity index (χ4v) is 3.53. The predicted octanol–water partition coefficient (Wildman–Crippen LogP) is 3.66. The fourth-order valence-electron chi connectivity index (χ4n) is 3.02. The summed E-state index contributed by atoms with van der Waals surface area (Å²) in [7, 11) is 0. The highest BCUT2D eigenvalue weighted by molar-refractivity contribution is 7.80. The number of benzene rings is 1. The standard InChI is InChI=1S/C19H14ClN5O4S/c1-11-4-2-3-5-16(11)24-18(26)15(21-19(24)30)8-12-6-7-13(29-12)9-23-10-14(20)17(22-23)25(27)28/h2-8,10H,9H2,1H3,(H,21,30)/b15-8+. The van der Waals surface area contributed by atoms with E-state index in [4.69, 9.17) is 28.2 Å². The molecule has 3 heterocycles. The number of amides is 1. The van der Waals surface area contributed by atoms with Crippen LogP contribution in [-0.4, -0.2) is 25.7 Å². The van der Waals surface area contributed by atoms with E-state index in [-0.39, 0.29) is 28.3 Å². The molecule has 0 unspecified atom stereocenters. The number of carbonyl (C=O) groups excluding carboxylic acids is 1. The fraction of sp³-hybridized carbons (Fsp3) is 0.105. The van der Waals surface area contributed by atoms with Crippen LogP contribution in [0.5, 0.6) is 0 Å². The number of aryl methyl sites for hydroxylation is 1. The number of para-hydroxylation sites is 1. The van der Waals surface area contributed by atoms with Gasteiger partial charge in [0, 0.05) is 6.08 Å². The Morgan fingerprint density at radius 3 is 2.80 bits per heavy atom. The van der Waals surface area contributed by atoms with Gasteiger partial charge in [-0.1, -0.05) is 29.8 Å². The molecular formula is C19H14ClN5O4S. The molecule has 1 saturated heterocycles. The van der Waals surface area contributed by atoms with Crippen molar-refractivity contribution in [2.45, 2.75) is 13.5 Å². The molecule has 1 aliphatic rings. The zero-order chi connectivity index (χ0) is 21.4. The first kappa shape index (κ1) is 19.8. The maximum atomic E-state index is 12.8. The lowest BCUT2D eigenvalue weighted by Gasteiger charge is -2.16. The predicted molar refractivity (Wildman–Crippen MR) is 114 cm³/mol. The highest BCUT2D eigenvalue weighted by Crippen LogP contribution is 2.26. The molecule has 0 atom stereocenters. The molecule has 0 aliphatic carbocycles. The number of hydrogen-bond acceptors (Lipinski definition) is 6. The van der Waals surface area contributed by atoms with Gasteiger partial charge in [-0.3, -0.25) is 9.69 Å². The van der Waals surface area contributed by atoms with Crippen molar-refractivity contribution < 1.29 is 14.1 Å². The Bertz CT molecular complexity index is 1220. The van der Waals surface area contributed by atoms with Crippen LogP contribution < -0.4 is 10.2 Å². The summed E-state index contributed by atoms with van der Waals surface area (Å²) in [5.41, 5.74) is 1.91. The largest absolute Gasteiger partial charge is 0.460 e. The molecule has 1 N–H and O–H groups in total. The van der Waals surface area contributed by atoms with Gasteiger partial charge in [-0.15, -0.1) is 0 Å². The SMILES string of the molecule is Cc1ccccc1N1C(=O)/C(=C\c2ccc(Cn3cc(Cl)c([N+](=O)[O-])n3)o2)NC1=S. The van der Waals surface area contributed by atoms with Gasteiger partial charge in [0.2, 0.25) is 0 Å². The molecule has 9 nitrogen and oxygen atoms in total. The second-order valence-corrected chi connectivity index (χ2v) is 7.27. The molecule has 1 aliphatic heterocycles. The van der Waals surface area contributed by atoms with Gasteiger partial charge in [0.05, 0.1) is 17.0 Å². The van der Waals surface area contributed by atoms with Crippen molar-refractivity contribution in [3.63, 3.8) is 0 Å². The molecule has 2 aromatic heterocycles. The van der Waals surface area contributed by atoms with Gasteiger partial charge in [-0.05, 0) is 47.8 Å². The zero-order valence-corrected chi connectivity index (χ0v) is 17.1. The molecule has 3 aromatic rings. The number of hydrogen-bond donors (Lipinski definition) is 1. The second kappa shape index (κ2) is 7.73. The molecule has 1 amide bonds. The smallest absolute Gasteiger partial charge is 0.408 e. The summed E-state index contributed by atoms with van der Waals surface area (Å²) in [6, 6.07) is 10.8. The molecule has 152 valence electrons. The number of thiocarbonyl (C=S) groups is 1. The van der Waals surface area contributed by atoms with Crippen LogP contribution in [0.4, 0.5) is 11.5 Å². The van der Waals surface area contributed by atoms with E-state index in [0.717, 1.165) is 5.56 Å². The van der Waals surface area contributed by atoms with E-state index in [1.165, 1.54) is 15.8 Å². The third-order valence-corrected chi connectivity index (χ3v) is 4.94. The number of nitro groups is 1. The lowest BCUT2D eigenvalue weighted by Crippen LogP contribution is -2.30. The van der Waals surface area contributed by atoms with Gasteiger partial charge >= 0.3 is 5.82 Å². The summed E-state index contributed by atoms with van der Waals surface area (Å²) in [4.78, 5) is 24.5. The minimum absolute atomic E-state index is 0.0561. The van der Waals surface area contributed by atoms with Crippen LogP contribution in [-0.2, 0) is 11.3 Å². The first-order chi connectivity index (χ1) is 14.3. The Morgan fingerprint density at radius 2 is 2.10 bits per heavy atom. The van der Waals surface area contributed by atoms with Crippen molar-refractivity contribution >= 4 is 52.4 Å². The van der Waals surface area contributed by atoms with Crippen LogP contribution in [0, 0.1) is 17.0 Å². The molecular weight excluding hydrogens is 430 g/mol. The topological polar surface area (TPSA) is 106 Å². The van der Waals surface area contributed by atoms with E-state index < -0.39 is 10.7 Å². The lowest BCUT2D eigenvalue weighted by molar-refractivity contribution is -0.389. The number of anilines is 1. The van der Waals surface area contributed by atoms with Crippen LogP contribution in [0.25, 0.3) is 6.08 Å². The highest BCUT2D eigenvalue weighted by atomic mass is 35.5. The summed E-state index contributed by atoms with van der Waals surface area (Å²) in [5.74, 6) is 0.195. The minimum Gasteiger partial charge on any atom is -0.460 e. The Morgan fingerprint density at radius 1 is 1.33 bits per heavy atom. The Kier molecular flexibility index (Phi) is 5.10. The van der Waals surface area contributed by atoms with Crippen LogP contribution in [0.3, 0.4) is 0 Å². The van der Waals surface area contributed by atoms with E-state index in [9.17, 15) is 14.9 Å². The number of aromatic nitrogens is 2. The molecule has 0 bridgehead atoms. The number of nitrogens with zero attached hydrogens (tertiary/aromatic N) is 4. The average molecular weight is 444 g/mol. The van der Waals surface area contributed by atoms with Crippen LogP contribution >= 0.6 is 23.8 Å². The summed E-state index contributed by atoms with van der Waals surface area (Å²) < 4.78 is 7.01. The number of rotatable bonds is 5. The van der Waals surface area contributed by atoms with Gasteiger partial charge in [-0.2, -0.15) is 4.68 Å². The van der Waals surface area contributed by atoms with Gasteiger partial charge in [0.15, 0.2) is 10.1 Å². The zero-order valence-electron chi connectivity index (χ0n) is 15.5. The number of furan rings is 1. The maximum absolute atomic E-state index is 12.8. The van der Waals surface area contributed by atoms with Crippen LogP contribution in [0.1, 0.15) is 17.1 Å². The molecule has 11 heteroatoms. The maximum Gasteiger partial charge on any atom is 0.408 e. The molecule has 30 heavy (non-hydrogen) atoms. The number of carbonyl (C=O) groups is 1. The van der Waals surface area contributed by atoms with Crippen molar-refractivity contribution in [2.75, 3.05) is 4.90 Å². The quantitative estimate of drug-likeness (QED) is 0.277. The van der Waals surface area contributed by atoms with Crippen molar-refractivity contribution in [1.29, 1.82) is 0 Å². The van der Waals surface area contributed by atoms with Crippen molar-refractivity contribution in [3.05, 3.63) is 80.5 Å². The molecule has 0 spiro atoms. The monoisotopic (exact) mass is 443 g/mol. The molecule has 0 radical (unpaired) electrons. The minimum atomic E-state index is -0.655. The Labute approximate surface area is 180 Å². The number of nitrogens with one attached hydrogen (secondary N) is 1. The van der Waals surface area contributed by atoms with E-state index in [1.54, 1.807) is 18.2 Å². The van der Waals surface area contributed by atoms with E-state index in [1.807, 2.05) is 31.2 Å². The van der Waals surface area contributed by atoms with Gasteiger partial charge < -0.3 is 19.8 Å². The van der Waals surface area contributed by atoms with Crippen LogP contribution in [0.15, 0.2) is 52.7 Å². The summed E-state index contributed by atoms with van der Waals surface area (Å²) in [5, 5.41) is 17.8. The molecule has 1 aromatic carbocycles. The van der Waals surface area contributed by atoms with E-state index >= 15 is 0 Å². The molecule has 0 saturated carbocycles. The van der Waals surface area contributed by atoms with Gasteiger partial charge in [0.25, 0.3) is 5.91 Å².